The third kappa shape index (κ3) is 6.34. The first-order chi connectivity index (χ1) is 10.1. The van der Waals surface area contributed by atoms with Crippen molar-refractivity contribution in [3.8, 4) is 0 Å². The number of amides is 1. The number of nitrogens with two attached hydrogens (primary N) is 1. The van der Waals surface area contributed by atoms with Crippen molar-refractivity contribution in [2.75, 3.05) is 26.8 Å². The van der Waals surface area contributed by atoms with Gasteiger partial charge in [-0.2, -0.15) is 0 Å². The zero-order chi connectivity index (χ0) is 15.7. The van der Waals surface area contributed by atoms with E-state index in [1.165, 1.54) is 0 Å². The van der Waals surface area contributed by atoms with E-state index in [0.717, 1.165) is 24.9 Å². The minimum atomic E-state index is -0.273. The summed E-state index contributed by atoms with van der Waals surface area (Å²) in [7, 11) is 1.65. The van der Waals surface area contributed by atoms with Crippen molar-refractivity contribution < 1.29 is 9.53 Å². The Morgan fingerprint density at radius 1 is 1.27 bits per heavy atom. The molecule has 0 aromatic heterocycles. The lowest BCUT2D eigenvalue weighted by Gasteiger charge is -2.28. The van der Waals surface area contributed by atoms with Crippen LogP contribution in [0.25, 0.3) is 0 Å². The summed E-state index contributed by atoms with van der Waals surface area (Å²) in [5, 5.41) is 0. The molecule has 0 fully saturated rings. The topological polar surface area (TPSA) is 55.6 Å². The Kier molecular flexibility index (Phi) is 10.9. The predicted octanol–water partition coefficient (Wildman–Crippen LogP) is 3.02. The molecule has 4 nitrogen and oxygen atoms in total. The summed E-state index contributed by atoms with van der Waals surface area (Å²) in [4.78, 5) is 14.5. The molecule has 0 bridgehead atoms. The highest BCUT2D eigenvalue weighted by atomic mass is 35.5. The second-order valence-electron chi connectivity index (χ2n) is 5.40. The molecule has 0 aliphatic heterocycles. The summed E-state index contributed by atoms with van der Waals surface area (Å²) in [6.07, 6.45) is 2.07. The lowest BCUT2D eigenvalue weighted by Crippen LogP contribution is -2.41. The van der Waals surface area contributed by atoms with Crippen LogP contribution in [0.1, 0.15) is 38.3 Å². The second-order valence-corrected chi connectivity index (χ2v) is 5.40. The van der Waals surface area contributed by atoms with E-state index in [-0.39, 0.29) is 30.3 Å². The van der Waals surface area contributed by atoms with Gasteiger partial charge < -0.3 is 15.4 Å². The molecule has 2 unspecified atom stereocenters. The van der Waals surface area contributed by atoms with Crippen LogP contribution in [-0.2, 0) is 9.53 Å². The van der Waals surface area contributed by atoms with Crippen LogP contribution in [0.3, 0.4) is 0 Å². The fourth-order valence-electron chi connectivity index (χ4n) is 2.29. The van der Waals surface area contributed by atoms with E-state index in [9.17, 15) is 4.79 Å². The maximum absolute atomic E-state index is 12.7. The Labute approximate surface area is 140 Å². The van der Waals surface area contributed by atoms with Crippen molar-refractivity contribution in [2.45, 2.75) is 32.7 Å². The van der Waals surface area contributed by atoms with Crippen molar-refractivity contribution in [1.82, 2.24) is 4.90 Å². The quantitative estimate of drug-likeness (QED) is 0.758. The van der Waals surface area contributed by atoms with Crippen LogP contribution in [0.5, 0.6) is 0 Å². The average molecular weight is 329 g/mol. The number of carbonyl (C=O) groups is 1. The SMILES string of the molecule is CCCCN(CCOC)C(=O)C(C)C(N)c1ccccc1.Cl. The van der Waals surface area contributed by atoms with Gasteiger partial charge in [0.15, 0.2) is 0 Å². The van der Waals surface area contributed by atoms with Crippen molar-refractivity contribution in [1.29, 1.82) is 0 Å². The third-order valence-corrected chi connectivity index (χ3v) is 3.77. The van der Waals surface area contributed by atoms with E-state index >= 15 is 0 Å². The highest BCUT2D eigenvalue weighted by Gasteiger charge is 2.26. The molecule has 126 valence electrons. The first-order valence-corrected chi connectivity index (χ1v) is 7.70. The minimum Gasteiger partial charge on any atom is -0.383 e. The maximum Gasteiger partial charge on any atom is 0.227 e. The van der Waals surface area contributed by atoms with Gasteiger partial charge >= 0.3 is 0 Å². The molecule has 0 saturated carbocycles. The standard InChI is InChI=1S/C17H28N2O2.ClH/c1-4-5-11-19(12-13-21-3)17(20)14(2)16(18)15-9-7-6-8-10-15;/h6-10,14,16H,4-5,11-13,18H2,1-3H3;1H. The lowest BCUT2D eigenvalue weighted by molar-refractivity contribution is -0.136. The number of rotatable bonds is 9. The summed E-state index contributed by atoms with van der Waals surface area (Å²) in [5.41, 5.74) is 7.26. The van der Waals surface area contributed by atoms with Crippen molar-refractivity contribution in [2.24, 2.45) is 11.7 Å². The van der Waals surface area contributed by atoms with Gasteiger partial charge in [-0.1, -0.05) is 50.6 Å². The molecule has 0 aliphatic carbocycles. The van der Waals surface area contributed by atoms with Crippen molar-refractivity contribution >= 4 is 18.3 Å². The Hall–Kier alpha value is -1.10. The summed E-state index contributed by atoms with van der Waals surface area (Å²) >= 11 is 0. The zero-order valence-corrected chi connectivity index (χ0v) is 14.6. The van der Waals surface area contributed by atoms with Crippen LogP contribution < -0.4 is 5.73 Å². The van der Waals surface area contributed by atoms with Crippen LogP contribution >= 0.6 is 12.4 Å². The molecule has 1 rings (SSSR count). The number of benzene rings is 1. The van der Waals surface area contributed by atoms with Gasteiger partial charge in [0, 0.05) is 26.2 Å². The van der Waals surface area contributed by atoms with Crippen LogP contribution in [0.2, 0.25) is 0 Å². The molecule has 2 atom stereocenters. The van der Waals surface area contributed by atoms with Crippen molar-refractivity contribution in [3.63, 3.8) is 0 Å². The van der Waals surface area contributed by atoms with E-state index < -0.39 is 0 Å². The normalized spacial score (nSPS) is 13.1. The first kappa shape index (κ1) is 20.9. The molecule has 0 spiro atoms. The Morgan fingerprint density at radius 3 is 2.45 bits per heavy atom. The zero-order valence-electron chi connectivity index (χ0n) is 13.8. The number of hydrogen-bond donors (Lipinski definition) is 1. The number of unbranched alkanes of at least 4 members (excludes halogenated alkanes) is 1. The van der Waals surface area contributed by atoms with Crippen molar-refractivity contribution in [3.05, 3.63) is 35.9 Å². The molecule has 1 aromatic carbocycles. The third-order valence-electron chi connectivity index (χ3n) is 3.77. The molecule has 0 radical (unpaired) electrons. The molecule has 1 amide bonds. The van der Waals surface area contributed by atoms with Gasteiger partial charge in [0.2, 0.25) is 5.91 Å². The highest BCUT2D eigenvalue weighted by molar-refractivity contribution is 5.85. The maximum atomic E-state index is 12.7. The molecule has 5 heteroatoms. The molecule has 0 saturated heterocycles. The second kappa shape index (κ2) is 11.5. The number of carbonyl (C=O) groups excluding carboxylic acids is 1. The smallest absolute Gasteiger partial charge is 0.227 e. The average Bonchev–Trinajstić information content (AvgIpc) is 2.54. The van der Waals surface area contributed by atoms with Gasteiger partial charge in [-0.3, -0.25) is 4.79 Å². The van der Waals surface area contributed by atoms with E-state index in [0.29, 0.717) is 13.2 Å². The largest absolute Gasteiger partial charge is 0.383 e. The van der Waals surface area contributed by atoms with Gasteiger partial charge in [0.05, 0.1) is 12.5 Å². The van der Waals surface area contributed by atoms with Gasteiger partial charge in [0.1, 0.15) is 0 Å². The molecular weight excluding hydrogens is 300 g/mol. The molecular formula is C17H29ClN2O2. The summed E-state index contributed by atoms with van der Waals surface area (Å²) in [6, 6.07) is 9.53. The molecule has 1 aromatic rings. The highest BCUT2D eigenvalue weighted by Crippen LogP contribution is 2.21. The van der Waals surface area contributed by atoms with Crippen LogP contribution in [0, 0.1) is 5.92 Å². The number of methoxy groups -OCH3 is 1. The Morgan fingerprint density at radius 2 is 1.91 bits per heavy atom. The predicted molar refractivity (Wildman–Crippen MR) is 93.1 cm³/mol. The van der Waals surface area contributed by atoms with E-state index in [2.05, 4.69) is 6.92 Å². The van der Waals surface area contributed by atoms with Crippen LogP contribution in [0.4, 0.5) is 0 Å². The van der Waals surface area contributed by atoms with Gasteiger partial charge in [-0.25, -0.2) is 0 Å². The van der Waals surface area contributed by atoms with Gasteiger partial charge in [0.25, 0.3) is 0 Å². The monoisotopic (exact) mass is 328 g/mol. The Balaban J connectivity index is 0.00000441. The number of ether oxygens (including phenoxy) is 1. The lowest BCUT2D eigenvalue weighted by atomic mass is 9.94. The molecule has 2 N–H and O–H groups in total. The van der Waals surface area contributed by atoms with Gasteiger partial charge in [-0.15, -0.1) is 12.4 Å². The summed E-state index contributed by atoms with van der Waals surface area (Å²) in [5.74, 6) is -0.127. The van der Waals surface area contributed by atoms with Gasteiger partial charge in [-0.05, 0) is 12.0 Å². The molecule has 0 aliphatic rings. The molecule has 22 heavy (non-hydrogen) atoms. The Bertz CT molecular complexity index is 406. The summed E-state index contributed by atoms with van der Waals surface area (Å²) in [6.45, 7) is 5.98. The van der Waals surface area contributed by atoms with E-state index in [1.54, 1.807) is 7.11 Å². The number of nitrogens with zero attached hydrogens (tertiary/aromatic N) is 1. The van der Waals surface area contributed by atoms with E-state index in [4.69, 9.17) is 10.5 Å². The number of halogens is 1. The first-order valence-electron chi connectivity index (χ1n) is 7.70. The van der Waals surface area contributed by atoms with Crippen LogP contribution in [0.15, 0.2) is 30.3 Å². The molecule has 0 heterocycles. The summed E-state index contributed by atoms with van der Waals surface area (Å²) < 4.78 is 5.10. The fraction of sp³-hybridized carbons (Fsp3) is 0.588. The fourth-order valence-corrected chi connectivity index (χ4v) is 2.29. The van der Waals surface area contributed by atoms with Crippen LogP contribution in [-0.4, -0.2) is 37.6 Å². The van der Waals surface area contributed by atoms with E-state index in [1.807, 2.05) is 42.2 Å². The number of hydrogen-bond acceptors (Lipinski definition) is 3. The minimum absolute atomic E-state index is 0.